The molecule has 0 saturated carbocycles. The zero-order valence-electron chi connectivity index (χ0n) is 12.6. The van der Waals surface area contributed by atoms with Crippen molar-refractivity contribution in [2.45, 2.75) is 32.0 Å². The first kappa shape index (κ1) is 14.6. The van der Waals surface area contributed by atoms with E-state index in [1.165, 1.54) is 10.5 Å². The van der Waals surface area contributed by atoms with Gasteiger partial charge in [0.1, 0.15) is 0 Å². The van der Waals surface area contributed by atoms with E-state index in [9.17, 15) is 9.90 Å². The molecule has 22 heavy (non-hydrogen) atoms. The van der Waals surface area contributed by atoms with Gasteiger partial charge in [-0.25, -0.2) is 4.79 Å². The molecule has 114 valence electrons. The van der Waals surface area contributed by atoms with Crippen LogP contribution in [0.4, 0.5) is 10.5 Å². The predicted molar refractivity (Wildman–Crippen MR) is 87.0 cm³/mol. The van der Waals surface area contributed by atoms with Crippen molar-refractivity contribution >= 4 is 11.8 Å². The molecule has 0 aromatic heterocycles. The van der Waals surface area contributed by atoms with E-state index in [4.69, 9.17) is 0 Å². The van der Waals surface area contributed by atoms with E-state index in [0.29, 0.717) is 0 Å². The maximum absolute atomic E-state index is 11.5. The molecule has 4 nitrogen and oxygen atoms in total. The highest BCUT2D eigenvalue weighted by atomic mass is 16.4. The minimum atomic E-state index is -0.888. The molecule has 0 spiro atoms. The van der Waals surface area contributed by atoms with Crippen molar-refractivity contribution in [2.75, 3.05) is 4.90 Å². The van der Waals surface area contributed by atoms with Crippen LogP contribution in [0.3, 0.4) is 0 Å². The molecular formula is C18H20N2O2. The fourth-order valence-electron chi connectivity index (χ4n) is 3.13. The Kier molecular flexibility index (Phi) is 4.11. The minimum absolute atomic E-state index is 0.0410. The van der Waals surface area contributed by atoms with E-state index >= 15 is 0 Å². The second-order valence-electron chi connectivity index (χ2n) is 5.72. The normalized spacial score (nSPS) is 20.5. The third-order valence-electron chi connectivity index (χ3n) is 4.19. The highest BCUT2D eigenvalue weighted by molar-refractivity contribution is 5.88. The molecule has 1 amide bonds. The van der Waals surface area contributed by atoms with Gasteiger partial charge in [-0.2, -0.15) is 0 Å². The average molecular weight is 296 g/mol. The molecule has 2 atom stereocenters. The number of rotatable bonds is 3. The van der Waals surface area contributed by atoms with E-state index in [2.05, 4.69) is 17.4 Å². The van der Waals surface area contributed by atoms with Crippen LogP contribution in [-0.2, 0) is 6.54 Å². The molecule has 2 aromatic carbocycles. The van der Waals surface area contributed by atoms with Gasteiger partial charge in [0.25, 0.3) is 0 Å². The monoisotopic (exact) mass is 296 g/mol. The summed E-state index contributed by atoms with van der Waals surface area (Å²) in [6, 6.07) is 18.1. The fourth-order valence-corrected chi connectivity index (χ4v) is 3.13. The van der Waals surface area contributed by atoms with Crippen LogP contribution in [0.15, 0.2) is 54.6 Å². The molecule has 3 rings (SSSR count). The second-order valence-corrected chi connectivity index (χ2v) is 5.72. The summed E-state index contributed by atoms with van der Waals surface area (Å²) in [6.45, 7) is 2.74. The standard InChI is InChI=1S/C18H20N2O2/c1-13-11-16(19-12-14-7-3-2-4-8-14)15-9-5-6-10-17(15)20(13)18(21)22/h2-10,13,16,19H,11-12H2,1H3,(H,21,22). The van der Waals surface area contributed by atoms with Gasteiger partial charge in [0.05, 0.1) is 5.69 Å². The number of nitrogens with one attached hydrogen (secondary N) is 1. The van der Waals surface area contributed by atoms with Gasteiger partial charge in [-0.15, -0.1) is 0 Å². The first-order chi connectivity index (χ1) is 10.7. The van der Waals surface area contributed by atoms with E-state index in [1.54, 1.807) is 0 Å². The summed E-state index contributed by atoms with van der Waals surface area (Å²) in [7, 11) is 0. The van der Waals surface area contributed by atoms with Gasteiger partial charge in [0.2, 0.25) is 0 Å². The molecular weight excluding hydrogens is 276 g/mol. The van der Waals surface area contributed by atoms with Crippen molar-refractivity contribution in [1.82, 2.24) is 5.32 Å². The number of hydrogen-bond acceptors (Lipinski definition) is 2. The molecule has 1 aliphatic rings. The number of carbonyl (C=O) groups is 1. The summed E-state index contributed by atoms with van der Waals surface area (Å²) in [6.07, 6.45) is -0.114. The Morgan fingerprint density at radius 3 is 2.59 bits per heavy atom. The topological polar surface area (TPSA) is 52.6 Å². The molecule has 2 unspecified atom stereocenters. The van der Waals surface area contributed by atoms with Crippen LogP contribution in [0.5, 0.6) is 0 Å². The third-order valence-corrected chi connectivity index (χ3v) is 4.19. The highest BCUT2D eigenvalue weighted by Gasteiger charge is 2.33. The lowest BCUT2D eigenvalue weighted by atomic mass is 9.92. The summed E-state index contributed by atoms with van der Waals surface area (Å²) in [4.78, 5) is 13.0. The summed E-state index contributed by atoms with van der Waals surface area (Å²) in [5, 5.41) is 13.0. The first-order valence-corrected chi connectivity index (χ1v) is 7.55. The van der Waals surface area contributed by atoms with Gasteiger partial charge in [-0.05, 0) is 30.5 Å². The Morgan fingerprint density at radius 2 is 1.86 bits per heavy atom. The van der Waals surface area contributed by atoms with Crippen LogP contribution in [-0.4, -0.2) is 17.2 Å². The molecule has 2 N–H and O–H groups in total. The smallest absolute Gasteiger partial charge is 0.412 e. The summed E-state index contributed by atoms with van der Waals surface area (Å²) in [5.41, 5.74) is 3.08. The lowest BCUT2D eigenvalue weighted by Gasteiger charge is -2.38. The van der Waals surface area contributed by atoms with Crippen LogP contribution in [0.25, 0.3) is 0 Å². The first-order valence-electron chi connectivity index (χ1n) is 7.55. The van der Waals surface area contributed by atoms with Crippen molar-refractivity contribution in [3.63, 3.8) is 0 Å². The molecule has 0 bridgehead atoms. The number of anilines is 1. The quantitative estimate of drug-likeness (QED) is 0.906. The molecule has 1 heterocycles. The Labute approximate surface area is 130 Å². The van der Waals surface area contributed by atoms with E-state index in [-0.39, 0.29) is 12.1 Å². The molecule has 0 aliphatic carbocycles. The number of hydrogen-bond donors (Lipinski definition) is 2. The Bertz CT molecular complexity index is 657. The SMILES string of the molecule is CC1CC(NCc2ccccc2)c2ccccc2N1C(=O)O. The van der Waals surface area contributed by atoms with Gasteiger partial charge in [0, 0.05) is 18.6 Å². The third kappa shape index (κ3) is 2.83. The van der Waals surface area contributed by atoms with Crippen LogP contribution >= 0.6 is 0 Å². The van der Waals surface area contributed by atoms with Gasteiger partial charge in [-0.1, -0.05) is 48.5 Å². The van der Waals surface area contributed by atoms with Crippen molar-refractivity contribution < 1.29 is 9.90 Å². The Balaban J connectivity index is 1.83. The fraction of sp³-hybridized carbons (Fsp3) is 0.278. The number of amides is 1. The zero-order valence-corrected chi connectivity index (χ0v) is 12.6. The number of fused-ring (bicyclic) bond motifs is 1. The molecule has 0 fully saturated rings. The van der Waals surface area contributed by atoms with Crippen molar-refractivity contribution in [3.05, 3.63) is 65.7 Å². The highest BCUT2D eigenvalue weighted by Crippen LogP contribution is 2.37. The van der Waals surface area contributed by atoms with Crippen LogP contribution in [0.2, 0.25) is 0 Å². The largest absolute Gasteiger partial charge is 0.465 e. The minimum Gasteiger partial charge on any atom is -0.465 e. The van der Waals surface area contributed by atoms with E-state index in [1.807, 2.05) is 49.4 Å². The van der Waals surface area contributed by atoms with Crippen molar-refractivity contribution in [2.24, 2.45) is 0 Å². The van der Waals surface area contributed by atoms with Gasteiger partial charge >= 0.3 is 6.09 Å². The lowest BCUT2D eigenvalue weighted by Crippen LogP contribution is -2.44. The van der Waals surface area contributed by atoms with Crippen molar-refractivity contribution in [1.29, 1.82) is 0 Å². The molecule has 0 saturated heterocycles. The Morgan fingerprint density at radius 1 is 1.18 bits per heavy atom. The lowest BCUT2D eigenvalue weighted by molar-refractivity contribution is 0.197. The molecule has 2 aromatic rings. The summed E-state index contributed by atoms with van der Waals surface area (Å²) >= 11 is 0. The maximum Gasteiger partial charge on any atom is 0.412 e. The van der Waals surface area contributed by atoms with Crippen LogP contribution in [0, 0.1) is 0 Å². The zero-order chi connectivity index (χ0) is 15.5. The number of para-hydroxylation sites is 1. The molecule has 4 heteroatoms. The summed E-state index contributed by atoms with van der Waals surface area (Å²) in [5.74, 6) is 0. The van der Waals surface area contributed by atoms with Crippen LogP contribution in [0.1, 0.15) is 30.5 Å². The number of benzene rings is 2. The predicted octanol–water partition coefficient (Wildman–Crippen LogP) is 3.79. The molecule has 1 aliphatic heterocycles. The second kappa shape index (κ2) is 6.20. The van der Waals surface area contributed by atoms with Gasteiger partial charge < -0.3 is 10.4 Å². The number of carboxylic acid groups (broad SMARTS) is 1. The van der Waals surface area contributed by atoms with E-state index in [0.717, 1.165) is 24.2 Å². The average Bonchev–Trinajstić information content (AvgIpc) is 2.53. The maximum atomic E-state index is 11.5. The van der Waals surface area contributed by atoms with Gasteiger partial charge in [-0.3, -0.25) is 4.90 Å². The van der Waals surface area contributed by atoms with Crippen molar-refractivity contribution in [3.8, 4) is 0 Å². The summed E-state index contributed by atoms with van der Waals surface area (Å²) < 4.78 is 0. The Hall–Kier alpha value is -2.33. The molecule has 0 radical (unpaired) electrons. The number of nitrogens with zero attached hydrogens (tertiary/aromatic N) is 1. The van der Waals surface area contributed by atoms with Gasteiger partial charge in [0.15, 0.2) is 0 Å². The van der Waals surface area contributed by atoms with Crippen LogP contribution < -0.4 is 10.2 Å². The van der Waals surface area contributed by atoms with E-state index < -0.39 is 6.09 Å².